The Kier molecular flexibility index (Phi) is 14.6. The molecular weight excluding hydrogens is 464 g/mol. The highest BCUT2D eigenvalue weighted by molar-refractivity contribution is 5.94. The molecule has 1 aromatic rings. The average Bonchev–Trinajstić information content (AvgIpc) is 2.81. The van der Waals surface area contributed by atoms with E-state index in [2.05, 4.69) is 10.6 Å². The summed E-state index contributed by atoms with van der Waals surface area (Å²) in [5.41, 5.74) is 0.302. The Morgan fingerprint density at radius 3 is 2.11 bits per heavy atom. The van der Waals surface area contributed by atoms with Crippen LogP contribution in [0.25, 0.3) is 0 Å². The van der Waals surface area contributed by atoms with E-state index in [4.69, 9.17) is 23.7 Å². The monoisotopic (exact) mass is 496 g/mol. The van der Waals surface area contributed by atoms with Gasteiger partial charge in [0, 0.05) is 32.9 Å². The Labute approximate surface area is 203 Å². The van der Waals surface area contributed by atoms with Crippen LogP contribution in [0.1, 0.15) is 31.1 Å². The van der Waals surface area contributed by atoms with Gasteiger partial charge in [0.15, 0.2) is 18.7 Å². The van der Waals surface area contributed by atoms with Crippen LogP contribution < -0.4 is 10.6 Å². The van der Waals surface area contributed by atoms with E-state index in [1.807, 2.05) is 6.07 Å². The quantitative estimate of drug-likeness (QED) is 0.125. The molecule has 0 bridgehead atoms. The molecular formula is C23H32N2O10. The van der Waals surface area contributed by atoms with Crippen molar-refractivity contribution in [2.45, 2.75) is 27.1 Å². The molecule has 2 amide bonds. The zero-order chi connectivity index (χ0) is 26.1. The van der Waals surface area contributed by atoms with E-state index >= 15 is 0 Å². The Balaban J connectivity index is 2.33. The smallest absolute Gasteiger partial charge is 0.307 e. The largest absolute Gasteiger partial charge is 0.458 e. The number of carbonyl (C=O) groups excluding carboxylic acids is 4. The van der Waals surface area contributed by atoms with Gasteiger partial charge in [0.2, 0.25) is 5.91 Å². The third-order valence-corrected chi connectivity index (χ3v) is 3.97. The number of nitrogens with one attached hydrogen (secondary N) is 2. The number of aliphatic hydroxyl groups excluding tert-OH is 1. The van der Waals surface area contributed by atoms with E-state index in [0.717, 1.165) is 13.8 Å². The maximum absolute atomic E-state index is 11.9. The van der Waals surface area contributed by atoms with Crippen LogP contribution in [-0.4, -0.2) is 81.3 Å². The molecule has 0 aliphatic carbocycles. The number of benzene rings is 1. The van der Waals surface area contributed by atoms with Crippen LogP contribution >= 0.6 is 0 Å². The van der Waals surface area contributed by atoms with Gasteiger partial charge in [-0.2, -0.15) is 0 Å². The minimum absolute atomic E-state index is 0.0711. The first-order valence-electron chi connectivity index (χ1n) is 10.8. The first kappa shape index (κ1) is 29.7. The number of ether oxygens (including phenoxy) is 5. The summed E-state index contributed by atoms with van der Waals surface area (Å²) >= 11 is 0. The molecule has 0 heterocycles. The molecule has 0 saturated heterocycles. The number of aliphatic hydroxyl groups is 1. The van der Waals surface area contributed by atoms with Gasteiger partial charge in [-0.05, 0) is 12.1 Å². The van der Waals surface area contributed by atoms with Gasteiger partial charge in [-0.25, -0.2) is 0 Å². The SMILES string of the molecule is CC(=O)N/C(=C(\COC(C)=O)OC(C)=O)[C@@H](O)OCCOCCOCCNC(=O)c1ccccc1. The molecule has 1 rings (SSSR count). The first-order chi connectivity index (χ1) is 16.7. The van der Waals surface area contributed by atoms with Gasteiger partial charge in [0.05, 0.1) is 33.0 Å². The Bertz CT molecular complexity index is 857. The second kappa shape index (κ2) is 17.2. The summed E-state index contributed by atoms with van der Waals surface area (Å²) in [5.74, 6) is -2.42. The summed E-state index contributed by atoms with van der Waals surface area (Å²) in [5, 5.41) is 15.3. The third-order valence-electron chi connectivity index (χ3n) is 3.97. The lowest BCUT2D eigenvalue weighted by molar-refractivity contribution is -0.146. The second-order valence-corrected chi connectivity index (χ2v) is 6.96. The fourth-order valence-electron chi connectivity index (χ4n) is 2.51. The van der Waals surface area contributed by atoms with Crippen LogP contribution in [-0.2, 0) is 38.1 Å². The fourth-order valence-corrected chi connectivity index (χ4v) is 2.51. The lowest BCUT2D eigenvalue weighted by Crippen LogP contribution is -2.34. The molecule has 0 unspecified atom stereocenters. The van der Waals surface area contributed by atoms with Crippen molar-refractivity contribution in [3.63, 3.8) is 0 Å². The van der Waals surface area contributed by atoms with Crippen molar-refractivity contribution in [2.75, 3.05) is 46.2 Å². The fraction of sp³-hybridized carbons (Fsp3) is 0.478. The predicted octanol–water partition coefficient (Wildman–Crippen LogP) is 0.259. The summed E-state index contributed by atoms with van der Waals surface area (Å²) in [4.78, 5) is 45.8. The van der Waals surface area contributed by atoms with E-state index in [9.17, 15) is 24.3 Å². The Morgan fingerprint density at radius 2 is 1.51 bits per heavy atom. The summed E-state index contributed by atoms with van der Waals surface area (Å²) in [6.45, 7) is 4.14. The van der Waals surface area contributed by atoms with E-state index in [-0.39, 0.29) is 43.8 Å². The van der Waals surface area contributed by atoms with Crippen LogP contribution in [0, 0.1) is 0 Å². The first-order valence-corrected chi connectivity index (χ1v) is 10.8. The van der Waals surface area contributed by atoms with Gasteiger partial charge in [-0.3, -0.25) is 19.2 Å². The van der Waals surface area contributed by atoms with Crippen molar-refractivity contribution < 1.29 is 48.0 Å². The molecule has 0 aliphatic heterocycles. The Morgan fingerprint density at radius 1 is 0.886 bits per heavy atom. The van der Waals surface area contributed by atoms with E-state index in [1.54, 1.807) is 24.3 Å². The van der Waals surface area contributed by atoms with Crippen LogP contribution in [0.4, 0.5) is 0 Å². The molecule has 1 atom stereocenters. The molecule has 12 heteroatoms. The molecule has 0 radical (unpaired) electrons. The van der Waals surface area contributed by atoms with E-state index < -0.39 is 30.7 Å². The van der Waals surface area contributed by atoms with Crippen molar-refractivity contribution in [3.05, 3.63) is 47.4 Å². The Hall–Kier alpha value is -3.32. The predicted molar refractivity (Wildman–Crippen MR) is 122 cm³/mol. The third kappa shape index (κ3) is 13.9. The summed E-state index contributed by atoms with van der Waals surface area (Å²) in [7, 11) is 0. The molecule has 3 N–H and O–H groups in total. The highest BCUT2D eigenvalue weighted by atomic mass is 16.6. The molecule has 0 spiro atoms. The molecule has 35 heavy (non-hydrogen) atoms. The summed E-state index contributed by atoms with van der Waals surface area (Å²) in [6.07, 6.45) is -1.68. The summed E-state index contributed by atoms with van der Waals surface area (Å²) in [6, 6.07) is 8.83. The molecule has 0 aliphatic rings. The highest BCUT2D eigenvalue weighted by Crippen LogP contribution is 2.12. The number of amides is 2. The van der Waals surface area contributed by atoms with Crippen LogP contribution in [0.15, 0.2) is 41.8 Å². The van der Waals surface area contributed by atoms with Gasteiger partial charge in [0.1, 0.15) is 5.70 Å². The number of hydrogen-bond donors (Lipinski definition) is 3. The minimum Gasteiger partial charge on any atom is -0.458 e. The normalized spacial score (nSPS) is 12.2. The maximum Gasteiger partial charge on any atom is 0.307 e. The van der Waals surface area contributed by atoms with Crippen molar-refractivity contribution in [2.24, 2.45) is 0 Å². The number of hydrogen-bond acceptors (Lipinski definition) is 10. The number of rotatable bonds is 16. The van der Waals surface area contributed by atoms with E-state index in [0.29, 0.717) is 18.7 Å². The van der Waals surface area contributed by atoms with Crippen molar-refractivity contribution in [1.82, 2.24) is 10.6 Å². The van der Waals surface area contributed by atoms with Crippen LogP contribution in [0.2, 0.25) is 0 Å². The molecule has 0 saturated carbocycles. The van der Waals surface area contributed by atoms with Gasteiger partial charge in [-0.1, -0.05) is 18.2 Å². The lowest BCUT2D eigenvalue weighted by atomic mass is 10.2. The highest BCUT2D eigenvalue weighted by Gasteiger charge is 2.22. The van der Waals surface area contributed by atoms with Crippen molar-refractivity contribution >= 4 is 23.8 Å². The van der Waals surface area contributed by atoms with Gasteiger partial charge < -0.3 is 39.4 Å². The van der Waals surface area contributed by atoms with Crippen molar-refractivity contribution in [1.29, 1.82) is 0 Å². The van der Waals surface area contributed by atoms with E-state index in [1.165, 1.54) is 6.92 Å². The summed E-state index contributed by atoms with van der Waals surface area (Å²) < 4.78 is 25.7. The standard InChI is InChI=1S/C23H32N2O10/c1-16(26)25-21(20(35-18(3)28)15-34-17(2)27)23(30)33-14-13-32-12-11-31-10-9-24-22(29)19-7-5-4-6-8-19/h4-8,23,30H,9-15H2,1-3H3,(H,24,29)(H,25,26)/b21-20+/t23-/m0/s1. The lowest BCUT2D eigenvalue weighted by Gasteiger charge is -2.20. The zero-order valence-corrected chi connectivity index (χ0v) is 20.0. The molecule has 1 aromatic carbocycles. The molecule has 0 aromatic heterocycles. The minimum atomic E-state index is -1.68. The zero-order valence-electron chi connectivity index (χ0n) is 20.0. The maximum atomic E-state index is 11.9. The molecule has 12 nitrogen and oxygen atoms in total. The van der Waals surface area contributed by atoms with Crippen LogP contribution in [0.3, 0.4) is 0 Å². The van der Waals surface area contributed by atoms with Crippen LogP contribution in [0.5, 0.6) is 0 Å². The second-order valence-electron chi connectivity index (χ2n) is 6.96. The van der Waals surface area contributed by atoms with Gasteiger partial charge in [0.25, 0.3) is 5.91 Å². The number of esters is 2. The topological polar surface area (TPSA) is 159 Å². The number of carbonyl (C=O) groups is 4. The van der Waals surface area contributed by atoms with Crippen molar-refractivity contribution in [3.8, 4) is 0 Å². The molecule has 194 valence electrons. The average molecular weight is 497 g/mol. The molecule has 0 fully saturated rings. The van der Waals surface area contributed by atoms with Gasteiger partial charge >= 0.3 is 11.9 Å². The van der Waals surface area contributed by atoms with Gasteiger partial charge in [-0.15, -0.1) is 0 Å².